The van der Waals surface area contributed by atoms with Gasteiger partial charge in [-0.2, -0.15) is 0 Å². The van der Waals surface area contributed by atoms with Crippen molar-refractivity contribution in [2.75, 3.05) is 4.90 Å². The van der Waals surface area contributed by atoms with E-state index in [1.807, 2.05) is 0 Å². The lowest BCUT2D eigenvalue weighted by Crippen LogP contribution is -2.10. The van der Waals surface area contributed by atoms with Gasteiger partial charge in [-0.15, -0.1) is 0 Å². The van der Waals surface area contributed by atoms with Gasteiger partial charge in [-0.1, -0.05) is 103 Å². The fraction of sp³-hybridized carbons (Fsp3) is 0. The maximum absolute atomic E-state index is 2.51. The molecule has 3 aromatic heterocycles. The summed E-state index contributed by atoms with van der Waals surface area (Å²) in [6, 6.07) is 59.2. The molecular formula is C42H27N3. The van der Waals surface area contributed by atoms with E-state index in [-0.39, 0.29) is 0 Å². The van der Waals surface area contributed by atoms with Crippen molar-refractivity contribution in [1.82, 2.24) is 8.97 Å². The zero-order valence-corrected chi connectivity index (χ0v) is 24.4. The number of rotatable bonds is 4. The molecule has 0 aliphatic heterocycles. The van der Waals surface area contributed by atoms with Crippen LogP contribution in [0.4, 0.5) is 17.1 Å². The second-order valence-electron chi connectivity index (χ2n) is 11.8. The average molecular weight is 574 g/mol. The molecule has 0 aliphatic carbocycles. The van der Waals surface area contributed by atoms with Crippen LogP contribution in [-0.4, -0.2) is 8.97 Å². The molecule has 10 aromatic rings. The highest BCUT2D eigenvalue weighted by Crippen LogP contribution is 2.47. The van der Waals surface area contributed by atoms with Gasteiger partial charge in [0.1, 0.15) is 5.65 Å². The van der Waals surface area contributed by atoms with Crippen molar-refractivity contribution < 1.29 is 0 Å². The summed E-state index contributed by atoms with van der Waals surface area (Å²) in [6.45, 7) is 0. The van der Waals surface area contributed by atoms with Gasteiger partial charge >= 0.3 is 0 Å². The molecular weight excluding hydrogens is 546 g/mol. The molecule has 0 unspecified atom stereocenters. The van der Waals surface area contributed by atoms with Gasteiger partial charge < -0.3 is 4.90 Å². The Morgan fingerprint density at radius 1 is 0.400 bits per heavy atom. The van der Waals surface area contributed by atoms with E-state index in [4.69, 9.17) is 0 Å². The van der Waals surface area contributed by atoms with Gasteiger partial charge in [-0.05, 0) is 71.4 Å². The van der Waals surface area contributed by atoms with Crippen molar-refractivity contribution in [3.8, 4) is 5.69 Å². The lowest BCUT2D eigenvalue weighted by molar-refractivity contribution is 1.12. The van der Waals surface area contributed by atoms with Gasteiger partial charge in [-0.25, -0.2) is 0 Å². The topological polar surface area (TPSA) is 12.6 Å². The third-order valence-electron chi connectivity index (χ3n) is 9.37. The van der Waals surface area contributed by atoms with E-state index >= 15 is 0 Å². The molecule has 210 valence electrons. The van der Waals surface area contributed by atoms with Crippen LogP contribution in [-0.2, 0) is 0 Å². The van der Waals surface area contributed by atoms with Crippen LogP contribution in [0.25, 0.3) is 65.6 Å². The monoisotopic (exact) mass is 573 g/mol. The summed E-state index contributed by atoms with van der Waals surface area (Å²) in [4.78, 5) is 2.33. The van der Waals surface area contributed by atoms with Gasteiger partial charge in [0.25, 0.3) is 0 Å². The Morgan fingerprint density at radius 3 is 1.71 bits per heavy atom. The molecule has 0 radical (unpaired) electrons. The number of benzene rings is 7. The molecule has 45 heavy (non-hydrogen) atoms. The van der Waals surface area contributed by atoms with Crippen LogP contribution in [0.2, 0.25) is 0 Å². The second-order valence-corrected chi connectivity index (χ2v) is 11.8. The van der Waals surface area contributed by atoms with Crippen LogP contribution in [0.1, 0.15) is 0 Å². The van der Waals surface area contributed by atoms with Gasteiger partial charge in [0.15, 0.2) is 0 Å². The standard InChI is InChI=1S/C42H27N3/c1-3-15-29(16-4-1)43(30-17-5-2-6-18-30)31-19-13-20-32(27-31)44-37-24-11-10-23-35(37)40-36-26-28-14-7-8-21-33(28)39-34-22-9-12-25-38(34)45(41(36)39)42(40)44/h1-27H. The number of hydrogen-bond acceptors (Lipinski definition) is 1. The van der Waals surface area contributed by atoms with Gasteiger partial charge in [-0.3, -0.25) is 8.97 Å². The van der Waals surface area contributed by atoms with E-state index in [0.717, 1.165) is 22.7 Å². The molecule has 0 atom stereocenters. The van der Waals surface area contributed by atoms with Crippen LogP contribution in [0.5, 0.6) is 0 Å². The predicted molar refractivity (Wildman–Crippen MR) is 190 cm³/mol. The highest BCUT2D eigenvalue weighted by atomic mass is 15.2. The molecule has 0 amide bonds. The number of nitrogens with zero attached hydrogens (tertiary/aromatic N) is 3. The third kappa shape index (κ3) is 3.35. The normalized spacial score (nSPS) is 12.0. The second kappa shape index (κ2) is 9.22. The van der Waals surface area contributed by atoms with Crippen LogP contribution in [0.15, 0.2) is 164 Å². The van der Waals surface area contributed by atoms with E-state index in [1.165, 1.54) is 59.9 Å². The molecule has 0 aliphatic rings. The molecule has 3 nitrogen and oxygen atoms in total. The first kappa shape index (κ1) is 24.4. The summed E-state index contributed by atoms with van der Waals surface area (Å²) in [6.07, 6.45) is 0. The van der Waals surface area contributed by atoms with Crippen LogP contribution in [0, 0.1) is 0 Å². The molecule has 0 N–H and O–H groups in total. The molecule has 3 heterocycles. The smallest absolute Gasteiger partial charge is 0.131 e. The Balaban J connectivity index is 1.35. The van der Waals surface area contributed by atoms with Gasteiger partial charge in [0, 0.05) is 49.7 Å². The predicted octanol–water partition coefficient (Wildman–Crippen LogP) is 11.4. The lowest BCUT2D eigenvalue weighted by atomic mass is 10.00. The minimum absolute atomic E-state index is 1.11. The minimum Gasteiger partial charge on any atom is -0.310 e. The molecule has 10 rings (SSSR count). The number of anilines is 3. The average Bonchev–Trinajstić information content (AvgIpc) is 3.74. The van der Waals surface area contributed by atoms with E-state index < -0.39 is 0 Å². The maximum atomic E-state index is 2.51. The van der Waals surface area contributed by atoms with Crippen molar-refractivity contribution >= 4 is 77.0 Å². The summed E-state index contributed by atoms with van der Waals surface area (Å²) in [5.74, 6) is 0. The molecule has 0 saturated carbocycles. The molecule has 0 saturated heterocycles. The number of para-hydroxylation sites is 4. The first-order valence-corrected chi connectivity index (χ1v) is 15.5. The summed E-state index contributed by atoms with van der Waals surface area (Å²) in [5.41, 5.74) is 9.43. The number of hydrogen-bond donors (Lipinski definition) is 0. The third-order valence-corrected chi connectivity index (χ3v) is 9.37. The fourth-order valence-electron chi connectivity index (χ4n) is 7.59. The van der Waals surface area contributed by atoms with Crippen molar-refractivity contribution in [1.29, 1.82) is 0 Å². The highest BCUT2D eigenvalue weighted by molar-refractivity contribution is 6.34. The quantitative estimate of drug-likeness (QED) is 0.204. The molecule has 7 aromatic carbocycles. The van der Waals surface area contributed by atoms with E-state index in [2.05, 4.69) is 178 Å². The lowest BCUT2D eigenvalue weighted by Gasteiger charge is -2.26. The van der Waals surface area contributed by atoms with E-state index in [0.29, 0.717) is 0 Å². The first-order chi connectivity index (χ1) is 22.4. The summed E-state index contributed by atoms with van der Waals surface area (Å²) < 4.78 is 4.99. The fourth-order valence-corrected chi connectivity index (χ4v) is 7.59. The Labute approximate surface area is 259 Å². The summed E-state index contributed by atoms with van der Waals surface area (Å²) in [5, 5.41) is 9.07. The van der Waals surface area contributed by atoms with E-state index in [9.17, 15) is 0 Å². The summed E-state index contributed by atoms with van der Waals surface area (Å²) in [7, 11) is 0. The Hall–Kier alpha value is -6.06. The number of aromatic nitrogens is 2. The van der Waals surface area contributed by atoms with Crippen molar-refractivity contribution in [3.05, 3.63) is 164 Å². The van der Waals surface area contributed by atoms with Crippen molar-refractivity contribution in [3.63, 3.8) is 0 Å². The summed E-state index contributed by atoms with van der Waals surface area (Å²) >= 11 is 0. The highest BCUT2D eigenvalue weighted by Gasteiger charge is 2.25. The Kier molecular flexibility index (Phi) is 5.00. The molecule has 0 bridgehead atoms. The van der Waals surface area contributed by atoms with Crippen molar-refractivity contribution in [2.24, 2.45) is 0 Å². The zero-order chi connectivity index (χ0) is 29.5. The zero-order valence-electron chi connectivity index (χ0n) is 24.4. The van der Waals surface area contributed by atoms with E-state index in [1.54, 1.807) is 0 Å². The Morgan fingerprint density at radius 2 is 0.978 bits per heavy atom. The molecule has 0 spiro atoms. The largest absolute Gasteiger partial charge is 0.310 e. The number of fused-ring (bicyclic) bond motifs is 10. The van der Waals surface area contributed by atoms with Gasteiger partial charge in [0.2, 0.25) is 0 Å². The van der Waals surface area contributed by atoms with Gasteiger partial charge in [0.05, 0.1) is 16.6 Å². The SMILES string of the molecule is c1ccc(N(c2ccccc2)c2cccc(-n3c4ccccc4c4c5cc6ccccc6c6c7ccccc7n(c56)c43)c2)cc1. The molecule has 0 fully saturated rings. The molecule has 3 heteroatoms. The van der Waals surface area contributed by atoms with Crippen LogP contribution < -0.4 is 4.90 Å². The van der Waals surface area contributed by atoms with Crippen LogP contribution >= 0.6 is 0 Å². The first-order valence-electron chi connectivity index (χ1n) is 15.5. The minimum atomic E-state index is 1.11. The van der Waals surface area contributed by atoms with Crippen LogP contribution in [0.3, 0.4) is 0 Å². The van der Waals surface area contributed by atoms with Crippen molar-refractivity contribution in [2.45, 2.75) is 0 Å². The maximum Gasteiger partial charge on any atom is 0.131 e. The Bertz CT molecular complexity index is 2660.